The van der Waals surface area contributed by atoms with Gasteiger partial charge in [-0.3, -0.25) is 4.79 Å². The molecule has 0 aromatic heterocycles. The van der Waals surface area contributed by atoms with Crippen LogP contribution in [0.15, 0.2) is 29.2 Å². The van der Waals surface area contributed by atoms with Crippen LogP contribution in [0, 0.1) is 0 Å². The molecule has 0 radical (unpaired) electrons. The zero-order valence-electron chi connectivity index (χ0n) is 18.6. The fourth-order valence-electron chi connectivity index (χ4n) is 4.34. The molecule has 33 heavy (non-hydrogen) atoms. The van der Waals surface area contributed by atoms with Crippen LogP contribution in [-0.2, 0) is 25.7 Å². The standard InChI is InChI=1S/C22H31F3N2O5S/c1-26(33(30,31)20-8-2-16(3-9-20)22(23,24)25)17-4-6-19(7-5-17)32-15-12-21(29)27-13-10-18(28)11-14-27/h2-3,8-9,17-19,28H,4-7,10-15H2,1H3. The van der Waals surface area contributed by atoms with Crippen LogP contribution in [0.1, 0.15) is 50.5 Å². The Morgan fingerprint density at radius 3 is 2.21 bits per heavy atom. The maximum absolute atomic E-state index is 12.8. The van der Waals surface area contributed by atoms with Gasteiger partial charge < -0.3 is 14.7 Å². The summed E-state index contributed by atoms with van der Waals surface area (Å²) in [5.74, 6) is 0.0120. The number of benzene rings is 1. The van der Waals surface area contributed by atoms with Crippen molar-refractivity contribution in [3.8, 4) is 0 Å². The average molecular weight is 493 g/mol. The van der Waals surface area contributed by atoms with Crippen molar-refractivity contribution in [2.24, 2.45) is 0 Å². The van der Waals surface area contributed by atoms with Crippen molar-refractivity contribution in [3.05, 3.63) is 29.8 Å². The summed E-state index contributed by atoms with van der Waals surface area (Å²) in [5.41, 5.74) is -0.891. The Morgan fingerprint density at radius 1 is 1.09 bits per heavy atom. The highest BCUT2D eigenvalue weighted by Gasteiger charge is 2.34. The van der Waals surface area contributed by atoms with Crippen molar-refractivity contribution in [2.45, 2.75) is 74.3 Å². The summed E-state index contributed by atoms with van der Waals surface area (Å²) < 4.78 is 71.0. The second-order valence-corrected chi connectivity index (χ2v) is 10.7. The van der Waals surface area contributed by atoms with E-state index in [4.69, 9.17) is 4.74 Å². The Morgan fingerprint density at radius 2 is 1.67 bits per heavy atom. The van der Waals surface area contributed by atoms with E-state index in [1.807, 2.05) is 0 Å². The van der Waals surface area contributed by atoms with Gasteiger partial charge >= 0.3 is 6.18 Å². The van der Waals surface area contributed by atoms with Gasteiger partial charge in [0.05, 0.1) is 35.7 Å². The quantitative estimate of drug-likeness (QED) is 0.632. The van der Waals surface area contributed by atoms with E-state index in [0.29, 0.717) is 58.2 Å². The molecule has 1 amide bonds. The Hall–Kier alpha value is -1.69. The zero-order valence-corrected chi connectivity index (χ0v) is 19.4. The van der Waals surface area contributed by atoms with Crippen molar-refractivity contribution in [1.82, 2.24) is 9.21 Å². The van der Waals surface area contributed by atoms with Crippen LogP contribution >= 0.6 is 0 Å². The third kappa shape index (κ3) is 6.68. The molecule has 0 bridgehead atoms. The third-order valence-corrected chi connectivity index (χ3v) is 8.43. The molecule has 1 heterocycles. The monoisotopic (exact) mass is 492 g/mol. The summed E-state index contributed by atoms with van der Waals surface area (Å²) >= 11 is 0. The van der Waals surface area contributed by atoms with E-state index in [0.717, 1.165) is 24.3 Å². The molecule has 1 saturated heterocycles. The molecule has 7 nitrogen and oxygen atoms in total. The lowest BCUT2D eigenvalue weighted by molar-refractivity contribution is -0.137. The third-order valence-electron chi connectivity index (χ3n) is 6.50. The van der Waals surface area contributed by atoms with Crippen LogP contribution < -0.4 is 0 Å². The molecule has 0 unspecified atom stereocenters. The first-order valence-corrected chi connectivity index (χ1v) is 12.6. The molecule has 11 heteroatoms. The highest BCUT2D eigenvalue weighted by atomic mass is 32.2. The number of halogens is 3. The van der Waals surface area contributed by atoms with E-state index in [1.54, 1.807) is 4.90 Å². The van der Waals surface area contributed by atoms with Crippen molar-refractivity contribution in [1.29, 1.82) is 0 Å². The second kappa shape index (κ2) is 10.7. The molecule has 1 aromatic carbocycles. The molecule has 1 N–H and O–H groups in total. The maximum Gasteiger partial charge on any atom is 0.416 e. The first-order chi connectivity index (χ1) is 15.5. The molecular formula is C22H31F3N2O5S. The van der Waals surface area contributed by atoms with Crippen LogP contribution in [0.5, 0.6) is 0 Å². The van der Waals surface area contributed by atoms with Crippen LogP contribution in [0.25, 0.3) is 0 Å². The van der Waals surface area contributed by atoms with E-state index in [-0.39, 0.29) is 35.5 Å². The van der Waals surface area contributed by atoms with Crippen molar-refractivity contribution >= 4 is 15.9 Å². The number of nitrogens with zero attached hydrogens (tertiary/aromatic N) is 2. The molecule has 2 aliphatic rings. The molecule has 0 atom stereocenters. The number of piperidine rings is 1. The number of rotatable bonds is 7. The van der Waals surface area contributed by atoms with E-state index >= 15 is 0 Å². The lowest BCUT2D eigenvalue weighted by Gasteiger charge is -2.34. The van der Waals surface area contributed by atoms with E-state index < -0.39 is 21.8 Å². The molecule has 0 spiro atoms. The number of carbonyl (C=O) groups excluding carboxylic acids is 1. The Kier molecular flexibility index (Phi) is 8.41. The number of likely N-dealkylation sites (tertiary alicyclic amines) is 1. The number of aliphatic hydroxyl groups excluding tert-OH is 1. The van der Waals surface area contributed by atoms with Gasteiger partial charge in [-0.05, 0) is 62.8 Å². The number of hydrogen-bond donors (Lipinski definition) is 1. The van der Waals surface area contributed by atoms with E-state index in [2.05, 4.69) is 0 Å². The SMILES string of the molecule is CN(C1CCC(OCCC(=O)N2CCC(O)CC2)CC1)S(=O)(=O)c1ccc(C(F)(F)F)cc1. The smallest absolute Gasteiger partial charge is 0.393 e. The highest BCUT2D eigenvalue weighted by Crippen LogP contribution is 2.32. The fourth-order valence-corrected chi connectivity index (χ4v) is 5.76. The maximum atomic E-state index is 12.8. The molecule has 1 aromatic rings. The normalized spacial score (nSPS) is 23.2. The number of alkyl halides is 3. The predicted molar refractivity (Wildman–Crippen MR) is 115 cm³/mol. The summed E-state index contributed by atoms with van der Waals surface area (Å²) in [5, 5.41) is 9.53. The highest BCUT2D eigenvalue weighted by molar-refractivity contribution is 7.89. The molecule has 1 aliphatic heterocycles. The first-order valence-electron chi connectivity index (χ1n) is 11.2. The largest absolute Gasteiger partial charge is 0.416 e. The molecule has 1 saturated carbocycles. The number of ether oxygens (including phenoxy) is 1. The van der Waals surface area contributed by atoms with Crippen LogP contribution in [0.3, 0.4) is 0 Å². The van der Waals surface area contributed by atoms with E-state index in [9.17, 15) is 31.5 Å². The van der Waals surface area contributed by atoms with Crippen molar-refractivity contribution in [3.63, 3.8) is 0 Å². The van der Waals surface area contributed by atoms with Gasteiger partial charge in [-0.1, -0.05) is 0 Å². The molecule has 1 aliphatic carbocycles. The summed E-state index contributed by atoms with van der Waals surface area (Å²) in [4.78, 5) is 13.8. The van der Waals surface area contributed by atoms with Gasteiger partial charge in [-0.2, -0.15) is 17.5 Å². The molecular weight excluding hydrogens is 461 g/mol. The van der Waals surface area contributed by atoms with Gasteiger partial charge in [0.15, 0.2) is 0 Å². The number of hydrogen-bond acceptors (Lipinski definition) is 5. The van der Waals surface area contributed by atoms with Gasteiger partial charge in [0.1, 0.15) is 0 Å². The minimum Gasteiger partial charge on any atom is -0.393 e. The van der Waals surface area contributed by atoms with Gasteiger partial charge in [0.2, 0.25) is 15.9 Å². The van der Waals surface area contributed by atoms with Gasteiger partial charge in [-0.25, -0.2) is 8.42 Å². The molecule has 2 fully saturated rings. The average Bonchev–Trinajstić information content (AvgIpc) is 2.79. The number of sulfonamides is 1. The number of amides is 1. The summed E-state index contributed by atoms with van der Waals surface area (Å²) in [6, 6.07) is 3.27. The van der Waals surface area contributed by atoms with E-state index in [1.165, 1.54) is 11.4 Å². The summed E-state index contributed by atoms with van der Waals surface area (Å²) in [6.07, 6.45) is -1.02. The number of carbonyl (C=O) groups is 1. The fraction of sp³-hybridized carbons (Fsp3) is 0.682. The predicted octanol–water partition coefficient (Wildman–Crippen LogP) is 3.03. The number of aliphatic hydroxyl groups is 1. The van der Waals surface area contributed by atoms with Gasteiger partial charge in [-0.15, -0.1) is 0 Å². The second-order valence-electron chi connectivity index (χ2n) is 8.71. The van der Waals surface area contributed by atoms with Crippen LogP contribution in [-0.4, -0.2) is 73.6 Å². The summed E-state index contributed by atoms with van der Waals surface area (Å²) in [7, 11) is -2.45. The zero-order chi connectivity index (χ0) is 24.2. The molecule has 3 rings (SSSR count). The lowest BCUT2D eigenvalue weighted by Crippen LogP contribution is -2.41. The van der Waals surface area contributed by atoms with Gasteiger partial charge in [0.25, 0.3) is 0 Å². The minimum absolute atomic E-state index is 0.0120. The topological polar surface area (TPSA) is 87.2 Å². The minimum atomic E-state index is -4.52. The van der Waals surface area contributed by atoms with Crippen molar-refractivity contribution in [2.75, 3.05) is 26.7 Å². The molecule has 186 valence electrons. The Balaban J connectivity index is 1.44. The van der Waals surface area contributed by atoms with Crippen LogP contribution in [0.4, 0.5) is 13.2 Å². The Bertz CT molecular complexity index is 892. The summed E-state index contributed by atoms with van der Waals surface area (Å²) in [6.45, 7) is 1.42. The van der Waals surface area contributed by atoms with Crippen molar-refractivity contribution < 1.29 is 36.2 Å². The van der Waals surface area contributed by atoms with Crippen LogP contribution in [0.2, 0.25) is 0 Å². The Labute approximate surface area is 192 Å². The lowest BCUT2D eigenvalue weighted by atomic mass is 9.93. The first kappa shape index (κ1) is 25.9. The van der Waals surface area contributed by atoms with Gasteiger partial charge in [0, 0.05) is 26.2 Å².